The van der Waals surface area contributed by atoms with Crippen molar-refractivity contribution in [2.24, 2.45) is 0 Å². The summed E-state index contributed by atoms with van der Waals surface area (Å²) >= 11 is 0. The summed E-state index contributed by atoms with van der Waals surface area (Å²) in [5.41, 5.74) is 7.79. The van der Waals surface area contributed by atoms with Gasteiger partial charge in [0.2, 0.25) is 0 Å². The van der Waals surface area contributed by atoms with Gasteiger partial charge in [-0.15, -0.1) is 0 Å². The van der Waals surface area contributed by atoms with Crippen LogP contribution in [0.15, 0.2) is 18.2 Å². The maximum Gasteiger partial charge on any atom is 0.107 e. The van der Waals surface area contributed by atoms with Crippen molar-refractivity contribution in [1.82, 2.24) is 0 Å². The summed E-state index contributed by atoms with van der Waals surface area (Å²) in [7, 11) is 0. The highest BCUT2D eigenvalue weighted by Gasteiger charge is 2.20. The number of nitrogen functional groups attached to an aromatic ring is 1. The largest absolute Gasteiger partial charge is 0.398 e. The molecule has 2 atom stereocenters. The topological polar surface area (TPSA) is 86.7 Å². The Morgan fingerprint density at radius 2 is 2.00 bits per heavy atom. The number of anilines is 1. The van der Waals surface area contributed by atoms with Crippen LogP contribution in [0.4, 0.5) is 5.69 Å². The highest BCUT2D eigenvalue weighted by molar-refractivity contribution is 5.50. The molecule has 1 rings (SSSR count). The van der Waals surface area contributed by atoms with Crippen molar-refractivity contribution < 1.29 is 15.3 Å². The van der Waals surface area contributed by atoms with Crippen molar-refractivity contribution in [3.8, 4) is 0 Å². The number of aliphatic hydroxyl groups is 3. The van der Waals surface area contributed by atoms with Gasteiger partial charge in [-0.2, -0.15) is 0 Å². The molecule has 2 unspecified atom stereocenters. The molecule has 0 aromatic heterocycles. The van der Waals surface area contributed by atoms with Crippen molar-refractivity contribution in [2.45, 2.75) is 32.0 Å². The molecule has 5 N–H and O–H groups in total. The Labute approximate surface area is 95.3 Å². The van der Waals surface area contributed by atoms with Gasteiger partial charge in [-0.3, -0.25) is 0 Å². The minimum atomic E-state index is -1.04. The second-order valence-electron chi connectivity index (χ2n) is 3.84. The summed E-state index contributed by atoms with van der Waals surface area (Å²) in [4.78, 5) is 0. The zero-order valence-electron chi connectivity index (χ0n) is 9.43. The fourth-order valence-electron chi connectivity index (χ4n) is 1.60. The first-order valence-electron chi connectivity index (χ1n) is 5.45. The summed E-state index contributed by atoms with van der Waals surface area (Å²) in [6.45, 7) is 1.84. The van der Waals surface area contributed by atoms with Gasteiger partial charge in [0.05, 0.1) is 6.10 Å². The lowest BCUT2D eigenvalue weighted by Crippen LogP contribution is -2.20. The van der Waals surface area contributed by atoms with Crippen LogP contribution >= 0.6 is 0 Å². The number of aryl methyl sites for hydroxylation is 1. The van der Waals surface area contributed by atoms with Crippen LogP contribution in [0.5, 0.6) is 0 Å². The molecule has 4 heteroatoms. The number of hydrogen-bond donors (Lipinski definition) is 4. The van der Waals surface area contributed by atoms with E-state index in [4.69, 9.17) is 10.8 Å². The van der Waals surface area contributed by atoms with E-state index in [0.717, 1.165) is 12.0 Å². The van der Waals surface area contributed by atoms with E-state index in [9.17, 15) is 10.2 Å². The summed E-state index contributed by atoms with van der Waals surface area (Å²) < 4.78 is 0. The molecule has 0 fully saturated rings. The minimum absolute atomic E-state index is 0.136. The highest BCUT2D eigenvalue weighted by Crippen LogP contribution is 2.25. The van der Waals surface area contributed by atoms with Crippen LogP contribution in [0, 0.1) is 0 Å². The Balaban J connectivity index is 2.92. The van der Waals surface area contributed by atoms with Gasteiger partial charge < -0.3 is 21.1 Å². The Bertz CT molecular complexity index is 341. The average molecular weight is 225 g/mol. The second kappa shape index (κ2) is 5.84. The second-order valence-corrected chi connectivity index (χ2v) is 3.84. The van der Waals surface area contributed by atoms with Crippen molar-refractivity contribution in [3.63, 3.8) is 0 Å². The zero-order chi connectivity index (χ0) is 12.1. The van der Waals surface area contributed by atoms with Crippen molar-refractivity contribution in [3.05, 3.63) is 29.3 Å². The lowest BCUT2D eigenvalue weighted by atomic mass is 9.98. The first-order chi connectivity index (χ1) is 7.60. The van der Waals surface area contributed by atoms with E-state index in [0.29, 0.717) is 11.3 Å². The van der Waals surface area contributed by atoms with Crippen LogP contribution < -0.4 is 5.73 Å². The molecule has 0 saturated carbocycles. The van der Waals surface area contributed by atoms with Crippen LogP contribution in [0.2, 0.25) is 0 Å². The Kier molecular flexibility index (Phi) is 4.73. The number of hydrogen-bond acceptors (Lipinski definition) is 4. The predicted molar refractivity (Wildman–Crippen MR) is 62.9 cm³/mol. The lowest BCUT2D eigenvalue weighted by Gasteiger charge is -2.19. The fraction of sp³-hybridized carbons (Fsp3) is 0.500. The summed E-state index contributed by atoms with van der Waals surface area (Å²) in [5, 5.41) is 28.2. The van der Waals surface area contributed by atoms with Crippen LogP contribution in [-0.4, -0.2) is 28.0 Å². The molecule has 0 spiro atoms. The number of nitrogens with two attached hydrogens (primary N) is 1. The number of rotatable bonds is 5. The lowest BCUT2D eigenvalue weighted by molar-refractivity contribution is 0.00457. The molecule has 0 aliphatic heterocycles. The van der Waals surface area contributed by atoms with E-state index < -0.39 is 12.2 Å². The quantitative estimate of drug-likeness (QED) is 0.553. The van der Waals surface area contributed by atoms with Gasteiger partial charge in [0, 0.05) is 17.9 Å². The number of benzene rings is 1. The normalized spacial score (nSPS) is 14.8. The average Bonchev–Trinajstić information content (AvgIpc) is 2.29. The maximum atomic E-state index is 9.88. The first-order valence-corrected chi connectivity index (χ1v) is 5.45. The molecule has 0 amide bonds. The van der Waals surface area contributed by atoms with Crippen molar-refractivity contribution in [2.75, 3.05) is 12.3 Å². The molecule has 90 valence electrons. The van der Waals surface area contributed by atoms with Gasteiger partial charge in [0.15, 0.2) is 0 Å². The smallest absolute Gasteiger partial charge is 0.107 e. The predicted octanol–water partition coefficient (Wildman–Crippen LogP) is 0.608. The molecule has 0 heterocycles. The molecule has 0 saturated heterocycles. The summed E-state index contributed by atoms with van der Waals surface area (Å²) in [5.74, 6) is 0. The first kappa shape index (κ1) is 13.0. The van der Waals surface area contributed by atoms with E-state index in [1.165, 1.54) is 0 Å². The monoisotopic (exact) mass is 225 g/mol. The van der Waals surface area contributed by atoms with Gasteiger partial charge in [-0.25, -0.2) is 0 Å². The van der Waals surface area contributed by atoms with Gasteiger partial charge in [0.1, 0.15) is 6.10 Å². The van der Waals surface area contributed by atoms with Crippen LogP contribution in [0.25, 0.3) is 0 Å². The van der Waals surface area contributed by atoms with Gasteiger partial charge in [-0.1, -0.05) is 19.1 Å². The van der Waals surface area contributed by atoms with E-state index in [-0.39, 0.29) is 13.0 Å². The van der Waals surface area contributed by atoms with Gasteiger partial charge in [-0.05, 0) is 24.5 Å². The fourth-order valence-corrected chi connectivity index (χ4v) is 1.60. The van der Waals surface area contributed by atoms with Crippen LogP contribution in [0.1, 0.15) is 30.6 Å². The third-order valence-corrected chi connectivity index (χ3v) is 2.67. The molecule has 4 nitrogen and oxygen atoms in total. The third-order valence-electron chi connectivity index (χ3n) is 2.67. The molecule has 0 radical (unpaired) electrons. The standard InChI is InChI=1S/C12H19NO3/c1-2-8-3-4-10(13)9(7-8)12(16)11(15)5-6-14/h3-4,7,11-12,14-16H,2,5-6,13H2,1H3. The molecule has 0 aliphatic rings. The molecule has 1 aromatic carbocycles. The van der Waals surface area contributed by atoms with Crippen LogP contribution in [-0.2, 0) is 6.42 Å². The Morgan fingerprint density at radius 1 is 1.31 bits per heavy atom. The molecular formula is C12H19NO3. The minimum Gasteiger partial charge on any atom is -0.398 e. The summed E-state index contributed by atoms with van der Waals surface area (Å²) in [6, 6.07) is 5.41. The van der Waals surface area contributed by atoms with Crippen molar-refractivity contribution in [1.29, 1.82) is 0 Å². The molecular weight excluding hydrogens is 206 g/mol. The molecule has 16 heavy (non-hydrogen) atoms. The zero-order valence-corrected chi connectivity index (χ0v) is 9.43. The SMILES string of the molecule is CCc1ccc(N)c(C(O)C(O)CCO)c1. The third kappa shape index (κ3) is 2.95. The number of aliphatic hydroxyl groups excluding tert-OH is 3. The maximum absolute atomic E-state index is 9.88. The Hall–Kier alpha value is -1.10. The highest BCUT2D eigenvalue weighted by atomic mass is 16.3. The van der Waals surface area contributed by atoms with Gasteiger partial charge >= 0.3 is 0 Å². The van der Waals surface area contributed by atoms with Crippen molar-refractivity contribution >= 4 is 5.69 Å². The van der Waals surface area contributed by atoms with Crippen LogP contribution in [0.3, 0.4) is 0 Å². The summed E-state index contributed by atoms with van der Waals surface area (Å²) in [6.07, 6.45) is -1.05. The van der Waals surface area contributed by atoms with E-state index >= 15 is 0 Å². The van der Waals surface area contributed by atoms with E-state index in [2.05, 4.69) is 0 Å². The molecule has 0 bridgehead atoms. The van der Waals surface area contributed by atoms with Gasteiger partial charge in [0.25, 0.3) is 0 Å². The van der Waals surface area contributed by atoms with E-state index in [1.807, 2.05) is 13.0 Å². The Morgan fingerprint density at radius 3 is 2.56 bits per heavy atom. The molecule has 0 aliphatic carbocycles. The van der Waals surface area contributed by atoms with E-state index in [1.54, 1.807) is 12.1 Å². The molecule has 1 aromatic rings.